The Kier molecular flexibility index (Phi) is 7.56. The van der Waals surface area contributed by atoms with Crippen LogP contribution < -0.4 is 10.1 Å². The van der Waals surface area contributed by atoms with Gasteiger partial charge in [0.05, 0.1) is 17.3 Å². The standard InChI is InChI=1S/C19H22BrFN2O4S/c1-27-18-14(16(21)9-8-15(18)20)11-22-17(19(24)25)10-12-4-6-13(7-5-12)23-28(2,3)26/h4-9,17,22H,10-11H2,1-3H3,(H,24,25). The van der Waals surface area contributed by atoms with Gasteiger partial charge in [-0.15, -0.1) is 0 Å². The third-order valence-corrected chi connectivity index (χ3v) is 5.16. The molecule has 2 aromatic rings. The minimum Gasteiger partial charge on any atom is -0.495 e. The van der Waals surface area contributed by atoms with Gasteiger partial charge in [0.15, 0.2) is 0 Å². The van der Waals surface area contributed by atoms with Gasteiger partial charge in [0.2, 0.25) is 0 Å². The van der Waals surface area contributed by atoms with Crippen molar-refractivity contribution in [3.63, 3.8) is 0 Å². The van der Waals surface area contributed by atoms with E-state index in [0.29, 0.717) is 15.9 Å². The molecule has 9 heteroatoms. The fourth-order valence-electron chi connectivity index (χ4n) is 2.62. The molecule has 0 amide bonds. The minimum atomic E-state index is -2.26. The van der Waals surface area contributed by atoms with Crippen LogP contribution in [0.2, 0.25) is 0 Å². The van der Waals surface area contributed by atoms with E-state index < -0.39 is 27.6 Å². The number of rotatable bonds is 8. The monoisotopic (exact) mass is 472 g/mol. The van der Waals surface area contributed by atoms with Crippen molar-refractivity contribution >= 4 is 37.3 Å². The van der Waals surface area contributed by atoms with Crippen LogP contribution in [0.4, 0.5) is 10.1 Å². The number of nitrogens with one attached hydrogen (secondary N) is 1. The van der Waals surface area contributed by atoms with E-state index in [9.17, 15) is 18.5 Å². The summed E-state index contributed by atoms with van der Waals surface area (Å²) in [5.41, 5.74) is 1.58. The summed E-state index contributed by atoms with van der Waals surface area (Å²) in [5.74, 6) is -1.20. The van der Waals surface area contributed by atoms with E-state index >= 15 is 0 Å². The first-order chi connectivity index (χ1) is 13.1. The van der Waals surface area contributed by atoms with Crippen LogP contribution in [0.15, 0.2) is 45.2 Å². The van der Waals surface area contributed by atoms with Gasteiger partial charge in [0.25, 0.3) is 0 Å². The van der Waals surface area contributed by atoms with Gasteiger partial charge in [-0.25, -0.2) is 8.60 Å². The van der Waals surface area contributed by atoms with Gasteiger partial charge in [0, 0.05) is 34.3 Å². The van der Waals surface area contributed by atoms with Crippen molar-refractivity contribution in [2.75, 3.05) is 19.6 Å². The van der Waals surface area contributed by atoms with E-state index in [4.69, 9.17) is 4.74 Å². The number of halogens is 2. The number of aliphatic carboxylic acids is 1. The summed E-state index contributed by atoms with van der Waals surface area (Å²) in [6, 6.07) is 8.76. The van der Waals surface area contributed by atoms with E-state index in [1.807, 2.05) is 0 Å². The second-order valence-electron chi connectivity index (χ2n) is 6.46. The molecule has 0 radical (unpaired) electrons. The lowest BCUT2D eigenvalue weighted by Crippen LogP contribution is -2.38. The van der Waals surface area contributed by atoms with Gasteiger partial charge in [-0.2, -0.15) is 4.36 Å². The van der Waals surface area contributed by atoms with Crippen molar-refractivity contribution < 1.29 is 23.2 Å². The van der Waals surface area contributed by atoms with E-state index in [1.165, 1.54) is 19.2 Å². The average molecular weight is 473 g/mol. The molecule has 152 valence electrons. The predicted octanol–water partition coefficient (Wildman–Crippen LogP) is 3.74. The van der Waals surface area contributed by atoms with Gasteiger partial charge < -0.3 is 9.84 Å². The molecule has 2 rings (SSSR count). The maximum atomic E-state index is 14.2. The molecular formula is C19H22BrFN2O4S. The minimum absolute atomic E-state index is 0.00738. The molecule has 1 atom stereocenters. The van der Waals surface area contributed by atoms with Crippen LogP contribution in [0.5, 0.6) is 5.75 Å². The Morgan fingerprint density at radius 1 is 1.29 bits per heavy atom. The SMILES string of the molecule is COc1c(Br)ccc(F)c1CNC(Cc1ccc(N=S(C)(C)=O)cc1)C(=O)O. The van der Waals surface area contributed by atoms with Crippen molar-refractivity contribution in [1.82, 2.24) is 5.32 Å². The lowest BCUT2D eigenvalue weighted by Gasteiger charge is -2.17. The van der Waals surface area contributed by atoms with E-state index in [2.05, 4.69) is 25.6 Å². The fraction of sp³-hybridized carbons (Fsp3) is 0.316. The highest BCUT2D eigenvalue weighted by Crippen LogP contribution is 2.31. The van der Waals surface area contributed by atoms with Gasteiger partial charge in [0.1, 0.15) is 17.6 Å². The molecule has 6 nitrogen and oxygen atoms in total. The van der Waals surface area contributed by atoms with Gasteiger partial charge >= 0.3 is 5.97 Å². The van der Waals surface area contributed by atoms with Crippen molar-refractivity contribution in [2.45, 2.75) is 19.0 Å². The van der Waals surface area contributed by atoms with Crippen molar-refractivity contribution in [3.05, 3.63) is 57.8 Å². The van der Waals surface area contributed by atoms with Crippen LogP contribution in [-0.2, 0) is 27.5 Å². The second-order valence-corrected chi connectivity index (χ2v) is 9.86. The number of methoxy groups -OCH3 is 1. The summed E-state index contributed by atoms with van der Waals surface area (Å²) >= 11 is 3.29. The number of carboxylic acid groups (broad SMARTS) is 1. The lowest BCUT2D eigenvalue weighted by molar-refractivity contribution is -0.139. The number of carbonyl (C=O) groups is 1. The highest BCUT2D eigenvalue weighted by molar-refractivity contribution is 9.10. The Morgan fingerprint density at radius 2 is 1.93 bits per heavy atom. The Morgan fingerprint density at radius 3 is 2.46 bits per heavy atom. The molecule has 0 aliphatic heterocycles. The number of carboxylic acids is 1. The highest BCUT2D eigenvalue weighted by atomic mass is 79.9. The third-order valence-electron chi connectivity index (χ3n) is 3.88. The maximum Gasteiger partial charge on any atom is 0.321 e. The fourth-order valence-corrected chi connectivity index (χ4v) is 3.78. The Bertz CT molecular complexity index is 965. The Hall–Kier alpha value is -1.97. The average Bonchev–Trinajstić information content (AvgIpc) is 2.61. The Balaban J connectivity index is 2.14. The molecule has 0 heterocycles. The summed E-state index contributed by atoms with van der Waals surface area (Å²) in [6.45, 7) is -0.00738. The first-order valence-corrected chi connectivity index (χ1v) is 11.5. The summed E-state index contributed by atoms with van der Waals surface area (Å²) < 4.78 is 35.8. The molecule has 0 saturated carbocycles. The molecule has 2 aromatic carbocycles. The number of hydrogen-bond acceptors (Lipinski definition) is 5. The zero-order valence-electron chi connectivity index (χ0n) is 15.7. The smallest absolute Gasteiger partial charge is 0.321 e. The summed E-state index contributed by atoms with van der Waals surface area (Å²) in [6.07, 6.45) is 3.28. The molecule has 0 aromatic heterocycles. The molecule has 0 fully saturated rings. The van der Waals surface area contributed by atoms with Gasteiger partial charge in [-0.05, 0) is 52.2 Å². The number of ether oxygens (including phenoxy) is 1. The molecule has 0 aliphatic rings. The van der Waals surface area contributed by atoms with Crippen molar-refractivity contribution in [1.29, 1.82) is 0 Å². The van der Waals surface area contributed by atoms with Crippen LogP contribution in [0.25, 0.3) is 0 Å². The van der Waals surface area contributed by atoms with Crippen LogP contribution in [0.3, 0.4) is 0 Å². The molecule has 1 unspecified atom stereocenters. The molecule has 0 saturated heterocycles. The van der Waals surface area contributed by atoms with Crippen LogP contribution in [-0.4, -0.2) is 40.9 Å². The maximum absolute atomic E-state index is 14.2. The molecule has 0 bridgehead atoms. The van der Waals surface area contributed by atoms with E-state index in [-0.39, 0.29) is 18.5 Å². The molecular weight excluding hydrogens is 451 g/mol. The van der Waals surface area contributed by atoms with E-state index in [1.54, 1.807) is 36.8 Å². The summed E-state index contributed by atoms with van der Waals surface area (Å²) in [4.78, 5) is 11.6. The van der Waals surface area contributed by atoms with Gasteiger partial charge in [-0.3, -0.25) is 10.1 Å². The number of nitrogens with zero attached hydrogens (tertiary/aromatic N) is 1. The van der Waals surface area contributed by atoms with Crippen LogP contribution >= 0.6 is 15.9 Å². The second kappa shape index (κ2) is 9.49. The summed E-state index contributed by atoms with van der Waals surface area (Å²) in [5, 5.41) is 12.4. The highest BCUT2D eigenvalue weighted by Gasteiger charge is 2.20. The largest absolute Gasteiger partial charge is 0.495 e. The Labute approximate surface area is 172 Å². The normalized spacial score (nSPS) is 12.5. The zero-order chi connectivity index (χ0) is 20.9. The first-order valence-electron chi connectivity index (χ1n) is 8.34. The van der Waals surface area contributed by atoms with Gasteiger partial charge in [-0.1, -0.05) is 12.1 Å². The number of hydrogen-bond donors (Lipinski definition) is 2. The molecule has 0 aliphatic carbocycles. The topological polar surface area (TPSA) is 88.0 Å². The van der Waals surface area contributed by atoms with E-state index in [0.717, 1.165) is 5.56 Å². The molecule has 28 heavy (non-hydrogen) atoms. The lowest BCUT2D eigenvalue weighted by atomic mass is 10.0. The first kappa shape index (κ1) is 22.3. The van der Waals surface area contributed by atoms with Crippen molar-refractivity contribution in [2.24, 2.45) is 4.36 Å². The quantitative estimate of drug-likeness (QED) is 0.610. The third kappa shape index (κ3) is 6.29. The molecule has 2 N–H and O–H groups in total. The van der Waals surface area contributed by atoms with Crippen LogP contribution in [0, 0.1) is 5.82 Å². The number of benzene rings is 2. The molecule has 0 spiro atoms. The van der Waals surface area contributed by atoms with Crippen LogP contribution in [0.1, 0.15) is 11.1 Å². The van der Waals surface area contributed by atoms with Crippen molar-refractivity contribution in [3.8, 4) is 5.75 Å². The summed E-state index contributed by atoms with van der Waals surface area (Å²) in [7, 11) is -0.837. The predicted molar refractivity (Wildman–Crippen MR) is 111 cm³/mol. The zero-order valence-corrected chi connectivity index (χ0v) is 18.1.